The smallest absolute Gasteiger partial charge is 0.335 e. The van der Waals surface area contributed by atoms with Crippen LogP contribution in [0.3, 0.4) is 0 Å². The number of imidazole rings is 1. The highest BCUT2D eigenvalue weighted by Gasteiger charge is 2.16. The van der Waals surface area contributed by atoms with Gasteiger partial charge in [-0.25, -0.2) is 9.78 Å². The highest BCUT2D eigenvalue weighted by atomic mass is 79.9. The Morgan fingerprint density at radius 2 is 1.92 bits per heavy atom. The van der Waals surface area contributed by atoms with Crippen molar-refractivity contribution in [3.05, 3.63) is 69.6 Å². The maximum Gasteiger partial charge on any atom is 0.335 e. The zero-order valence-electron chi connectivity index (χ0n) is 12.8. The summed E-state index contributed by atoms with van der Waals surface area (Å²) in [5.74, 6) is -1.21. The molecule has 0 radical (unpaired) electrons. The van der Waals surface area contributed by atoms with Gasteiger partial charge in [-0.15, -0.1) is 0 Å². The molecular weight excluding hydrogens is 374 g/mol. The summed E-state index contributed by atoms with van der Waals surface area (Å²) in [4.78, 5) is 27.7. The SMILES string of the molecule is Cc1nc2ccc(Br)cn2c1C(=O)NCc1ccc(C(=O)O)cc1. The molecule has 0 unspecified atom stereocenters. The van der Waals surface area contributed by atoms with Gasteiger partial charge in [0.2, 0.25) is 0 Å². The maximum atomic E-state index is 12.5. The molecule has 1 amide bonds. The van der Waals surface area contributed by atoms with E-state index in [4.69, 9.17) is 5.11 Å². The summed E-state index contributed by atoms with van der Waals surface area (Å²) in [6, 6.07) is 10.1. The Bertz CT molecular complexity index is 932. The van der Waals surface area contributed by atoms with Crippen LogP contribution < -0.4 is 5.32 Å². The van der Waals surface area contributed by atoms with E-state index < -0.39 is 5.97 Å². The second kappa shape index (κ2) is 6.45. The molecule has 2 aromatic heterocycles. The summed E-state index contributed by atoms with van der Waals surface area (Å²) >= 11 is 3.39. The molecule has 24 heavy (non-hydrogen) atoms. The Morgan fingerprint density at radius 3 is 2.58 bits per heavy atom. The van der Waals surface area contributed by atoms with Crippen molar-refractivity contribution in [1.82, 2.24) is 14.7 Å². The third kappa shape index (κ3) is 3.16. The topological polar surface area (TPSA) is 83.7 Å². The molecule has 1 aromatic carbocycles. The minimum Gasteiger partial charge on any atom is -0.478 e. The van der Waals surface area contributed by atoms with Gasteiger partial charge in [-0.1, -0.05) is 12.1 Å². The van der Waals surface area contributed by atoms with E-state index in [2.05, 4.69) is 26.2 Å². The van der Waals surface area contributed by atoms with E-state index in [-0.39, 0.29) is 11.5 Å². The van der Waals surface area contributed by atoms with Crippen LogP contribution in [0.15, 0.2) is 47.1 Å². The van der Waals surface area contributed by atoms with Gasteiger partial charge >= 0.3 is 5.97 Å². The number of carbonyl (C=O) groups excluding carboxylic acids is 1. The molecule has 7 heteroatoms. The number of hydrogen-bond acceptors (Lipinski definition) is 3. The molecule has 3 aromatic rings. The fraction of sp³-hybridized carbons (Fsp3) is 0.118. The molecular formula is C17H14BrN3O3. The minimum absolute atomic E-state index is 0.215. The summed E-state index contributed by atoms with van der Waals surface area (Å²) in [5.41, 5.74) is 2.86. The summed E-state index contributed by atoms with van der Waals surface area (Å²) in [6.07, 6.45) is 1.80. The highest BCUT2D eigenvalue weighted by Crippen LogP contribution is 2.17. The van der Waals surface area contributed by atoms with Crippen LogP contribution in [0, 0.1) is 6.92 Å². The number of aromatic carboxylic acids is 1. The number of benzene rings is 1. The highest BCUT2D eigenvalue weighted by molar-refractivity contribution is 9.10. The number of fused-ring (bicyclic) bond motifs is 1. The van der Waals surface area contributed by atoms with E-state index in [0.29, 0.717) is 23.6 Å². The van der Waals surface area contributed by atoms with Crippen LogP contribution in [0.2, 0.25) is 0 Å². The number of aryl methyl sites for hydroxylation is 1. The van der Waals surface area contributed by atoms with Gasteiger partial charge in [0.25, 0.3) is 5.91 Å². The van der Waals surface area contributed by atoms with Gasteiger partial charge < -0.3 is 10.4 Å². The van der Waals surface area contributed by atoms with E-state index >= 15 is 0 Å². The van der Waals surface area contributed by atoms with Gasteiger partial charge in [0.1, 0.15) is 11.3 Å². The third-order valence-corrected chi connectivity index (χ3v) is 4.09. The van der Waals surface area contributed by atoms with Gasteiger partial charge in [0, 0.05) is 17.2 Å². The van der Waals surface area contributed by atoms with Crippen molar-refractivity contribution < 1.29 is 14.7 Å². The first-order valence-electron chi connectivity index (χ1n) is 7.20. The lowest BCUT2D eigenvalue weighted by Crippen LogP contribution is -2.25. The summed E-state index contributed by atoms with van der Waals surface area (Å²) in [6.45, 7) is 2.09. The van der Waals surface area contributed by atoms with Crippen LogP contribution in [0.4, 0.5) is 0 Å². The Labute approximate surface area is 146 Å². The Morgan fingerprint density at radius 1 is 1.21 bits per heavy atom. The summed E-state index contributed by atoms with van der Waals surface area (Å²) in [7, 11) is 0. The number of amides is 1. The predicted octanol–water partition coefficient (Wildman–Crippen LogP) is 3.03. The number of aromatic nitrogens is 2. The van der Waals surface area contributed by atoms with E-state index in [9.17, 15) is 9.59 Å². The predicted molar refractivity (Wildman–Crippen MR) is 92.2 cm³/mol. The van der Waals surface area contributed by atoms with Crippen LogP contribution in [-0.4, -0.2) is 26.4 Å². The van der Waals surface area contributed by atoms with Crippen LogP contribution >= 0.6 is 15.9 Å². The van der Waals surface area contributed by atoms with Crippen molar-refractivity contribution >= 4 is 33.5 Å². The second-order valence-corrected chi connectivity index (χ2v) is 6.22. The van der Waals surface area contributed by atoms with Crippen LogP contribution in [-0.2, 0) is 6.54 Å². The van der Waals surface area contributed by atoms with Crippen molar-refractivity contribution in [3.8, 4) is 0 Å². The largest absolute Gasteiger partial charge is 0.478 e. The molecule has 2 N–H and O–H groups in total. The van der Waals surface area contributed by atoms with E-state index in [0.717, 1.165) is 10.0 Å². The molecule has 2 heterocycles. The first-order valence-corrected chi connectivity index (χ1v) is 7.99. The zero-order valence-corrected chi connectivity index (χ0v) is 14.4. The molecule has 0 aliphatic carbocycles. The molecule has 0 fully saturated rings. The standard InChI is InChI=1S/C17H14BrN3O3/c1-10-15(21-9-13(18)6-7-14(21)20-10)16(22)19-8-11-2-4-12(5-3-11)17(23)24/h2-7,9H,8H2,1H3,(H,19,22)(H,23,24). The van der Waals surface area contributed by atoms with Gasteiger partial charge in [0.15, 0.2) is 0 Å². The van der Waals surface area contributed by atoms with Crippen molar-refractivity contribution in [2.75, 3.05) is 0 Å². The van der Waals surface area contributed by atoms with Gasteiger partial charge in [-0.3, -0.25) is 9.20 Å². The molecule has 0 saturated carbocycles. The number of nitrogens with zero attached hydrogens (tertiary/aromatic N) is 2. The van der Waals surface area contributed by atoms with Crippen LogP contribution in [0.5, 0.6) is 0 Å². The number of hydrogen-bond donors (Lipinski definition) is 2. The average molecular weight is 388 g/mol. The molecule has 0 bridgehead atoms. The fourth-order valence-electron chi connectivity index (χ4n) is 2.44. The number of pyridine rings is 1. The van der Waals surface area contributed by atoms with E-state index in [1.165, 1.54) is 12.1 Å². The number of nitrogens with one attached hydrogen (secondary N) is 1. The van der Waals surface area contributed by atoms with Crippen LogP contribution in [0.1, 0.15) is 32.1 Å². The average Bonchev–Trinajstić information content (AvgIpc) is 2.88. The maximum absolute atomic E-state index is 12.5. The first-order chi connectivity index (χ1) is 11.5. The molecule has 0 atom stereocenters. The molecule has 122 valence electrons. The molecule has 0 aliphatic heterocycles. The lowest BCUT2D eigenvalue weighted by Gasteiger charge is -2.07. The second-order valence-electron chi connectivity index (χ2n) is 5.31. The quantitative estimate of drug-likeness (QED) is 0.720. The zero-order chi connectivity index (χ0) is 17.3. The summed E-state index contributed by atoms with van der Waals surface area (Å²) in [5, 5.41) is 11.7. The number of carbonyl (C=O) groups is 2. The van der Waals surface area contributed by atoms with Crippen LogP contribution in [0.25, 0.3) is 5.65 Å². The van der Waals surface area contributed by atoms with E-state index in [1.54, 1.807) is 29.7 Å². The summed E-state index contributed by atoms with van der Waals surface area (Å²) < 4.78 is 2.59. The lowest BCUT2D eigenvalue weighted by molar-refractivity contribution is 0.0696. The van der Waals surface area contributed by atoms with Gasteiger partial charge in [-0.05, 0) is 52.7 Å². The number of rotatable bonds is 4. The Kier molecular flexibility index (Phi) is 4.35. The van der Waals surface area contributed by atoms with Crippen molar-refractivity contribution in [1.29, 1.82) is 0 Å². The normalized spacial score (nSPS) is 10.8. The lowest BCUT2D eigenvalue weighted by atomic mass is 10.1. The molecule has 0 saturated heterocycles. The Balaban J connectivity index is 1.79. The minimum atomic E-state index is -0.975. The third-order valence-electron chi connectivity index (χ3n) is 3.63. The Hall–Kier alpha value is -2.67. The molecule has 3 rings (SSSR count). The van der Waals surface area contributed by atoms with E-state index in [1.807, 2.05) is 12.1 Å². The van der Waals surface area contributed by atoms with Gasteiger partial charge in [0.05, 0.1) is 11.3 Å². The molecule has 6 nitrogen and oxygen atoms in total. The van der Waals surface area contributed by atoms with Gasteiger partial charge in [-0.2, -0.15) is 0 Å². The van der Waals surface area contributed by atoms with Crippen molar-refractivity contribution in [2.24, 2.45) is 0 Å². The van der Waals surface area contributed by atoms with Crippen molar-refractivity contribution in [2.45, 2.75) is 13.5 Å². The molecule has 0 aliphatic rings. The van der Waals surface area contributed by atoms with Crippen molar-refractivity contribution in [3.63, 3.8) is 0 Å². The fourth-order valence-corrected chi connectivity index (χ4v) is 2.78. The number of carboxylic acid groups (broad SMARTS) is 1. The first kappa shape index (κ1) is 16.2. The molecule has 0 spiro atoms. The monoisotopic (exact) mass is 387 g/mol. The number of carboxylic acids is 1. The number of halogens is 1.